The normalized spacial score (nSPS) is 31.8. The molecule has 1 aromatic rings. The molecule has 0 spiro atoms. The smallest absolute Gasteiger partial charge is 0.312 e. The van der Waals surface area contributed by atoms with E-state index in [9.17, 15) is 9.90 Å². The summed E-state index contributed by atoms with van der Waals surface area (Å²) >= 11 is 5.75. The number of fused-ring (bicyclic) bond motifs is 1. The van der Waals surface area contributed by atoms with Crippen molar-refractivity contribution in [2.24, 2.45) is 11.3 Å². The maximum atomic E-state index is 11.7. The van der Waals surface area contributed by atoms with Gasteiger partial charge in [0.2, 0.25) is 0 Å². The van der Waals surface area contributed by atoms with Crippen LogP contribution >= 0.6 is 11.6 Å². The number of hydrogen-bond acceptors (Lipinski definition) is 4. The number of hydrogen-bond donors (Lipinski definition) is 1. The Morgan fingerprint density at radius 2 is 2.32 bits per heavy atom. The third-order valence-corrected chi connectivity index (χ3v) is 4.49. The van der Waals surface area contributed by atoms with Crippen LogP contribution in [0.25, 0.3) is 0 Å². The van der Waals surface area contributed by atoms with E-state index in [1.54, 1.807) is 6.07 Å². The highest BCUT2D eigenvalue weighted by Gasteiger charge is 2.56. The molecule has 0 saturated carbocycles. The maximum absolute atomic E-state index is 11.7. The van der Waals surface area contributed by atoms with Crippen LogP contribution in [0.3, 0.4) is 0 Å². The molecule has 0 aliphatic carbocycles. The van der Waals surface area contributed by atoms with Crippen LogP contribution in [0.2, 0.25) is 5.22 Å². The third-order valence-electron chi connectivity index (χ3n) is 4.28. The highest BCUT2D eigenvalue weighted by Crippen LogP contribution is 2.42. The van der Waals surface area contributed by atoms with Crippen molar-refractivity contribution in [3.8, 4) is 0 Å². The summed E-state index contributed by atoms with van der Waals surface area (Å²) in [6.07, 6.45) is 0. The Morgan fingerprint density at radius 1 is 1.53 bits per heavy atom. The van der Waals surface area contributed by atoms with Gasteiger partial charge in [0.1, 0.15) is 5.76 Å². The number of halogens is 1. The zero-order valence-electron chi connectivity index (χ0n) is 10.8. The number of carboxylic acids is 1. The first-order chi connectivity index (χ1) is 8.99. The van der Waals surface area contributed by atoms with Crippen LogP contribution in [0.4, 0.5) is 0 Å². The van der Waals surface area contributed by atoms with Crippen LogP contribution in [-0.4, -0.2) is 54.1 Å². The predicted octanol–water partition coefficient (Wildman–Crippen LogP) is 1.38. The first kappa shape index (κ1) is 13.0. The van der Waals surface area contributed by atoms with Gasteiger partial charge in [-0.1, -0.05) is 0 Å². The summed E-state index contributed by atoms with van der Waals surface area (Å²) in [5, 5.41) is 9.96. The van der Waals surface area contributed by atoms with Crippen molar-refractivity contribution in [2.75, 3.05) is 33.2 Å². The molecule has 0 radical (unpaired) electrons. The fraction of sp³-hybridized carbons (Fsp3) is 0.615. The van der Waals surface area contributed by atoms with Gasteiger partial charge in [0.05, 0.1) is 12.0 Å². The number of furan rings is 1. The Kier molecular flexibility index (Phi) is 3.08. The van der Waals surface area contributed by atoms with Crippen LogP contribution in [0.1, 0.15) is 5.76 Å². The highest BCUT2D eigenvalue weighted by atomic mass is 35.5. The lowest BCUT2D eigenvalue weighted by molar-refractivity contribution is -0.148. The number of rotatable bonds is 3. The van der Waals surface area contributed by atoms with E-state index in [2.05, 4.69) is 9.80 Å². The van der Waals surface area contributed by atoms with Crippen LogP contribution in [0.15, 0.2) is 16.5 Å². The molecule has 0 aromatic carbocycles. The average Bonchev–Trinajstić information content (AvgIpc) is 2.92. The van der Waals surface area contributed by atoms with Gasteiger partial charge >= 0.3 is 5.97 Å². The third kappa shape index (κ3) is 2.16. The zero-order chi connectivity index (χ0) is 13.6. The second-order valence-corrected chi connectivity index (χ2v) is 6.10. The summed E-state index contributed by atoms with van der Waals surface area (Å²) in [6.45, 7) is 3.48. The lowest BCUT2D eigenvalue weighted by Gasteiger charge is -2.23. The van der Waals surface area contributed by atoms with Crippen molar-refractivity contribution < 1.29 is 14.3 Å². The second kappa shape index (κ2) is 4.51. The van der Waals surface area contributed by atoms with Gasteiger partial charge in [0.25, 0.3) is 0 Å². The van der Waals surface area contributed by atoms with Gasteiger partial charge in [-0.2, -0.15) is 0 Å². The van der Waals surface area contributed by atoms with E-state index >= 15 is 0 Å². The highest BCUT2D eigenvalue weighted by molar-refractivity contribution is 6.28. The molecular weight excluding hydrogens is 268 g/mol. The molecule has 0 bridgehead atoms. The molecule has 3 rings (SSSR count). The summed E-state index contributed by atoms with van der Waals surface area (Å²) in [5.74, 6) is 0.307. The number of aliphatic carboxylic acids is 1. The van der Waals surface area contributed by atoms with Gasteiger partial charge in [-0.15, -0.1) is 0 Å². The van der Waals surface area contributed by atoms with Crippen molar-refractivity contribution in [3.05, 3.63) is 23.1 Å². The predicted molar refractivity (Wildman–Crippen MR) is 70.1 cm³/mol. The fourth-order valence-electron chi connectivity index (χ4n) is 3.50. The largest absolute Gasteiger partial charge is 0.481 e. The lowest BCUT2D eigenvalue weighted by atomic mass is 9.81. The number of carbonyl (C=O) groups is 1. The summed E-state index contributed by atoms with van der Waals surface area (Å²) in [6, 6.07) is 3.56. The fourth-order valence-corrected chi connectivity index (χ4v) is 3.66. The van der Waals surface area contributed by atoms with E-state index in [1.165, 1.54) is 0 Å². The summed E-state index contributed by atoms with van der Waals surface area (Å²) in [7, 11) is 1.99. The van der Waals surface area contributed by atoms with E-state index in [1.807, 2.05) is 13.1 Å². The van der Waals surface area contributed by atoms with E-state index < -0.39 is 11.4 Å². The maximum Gasteiger partial charge on any atom is 0.312 e. The minimum atomic E-state index is -0.679. The molecule has 2 aliphatic rings. The van der Waals surface area contributed by atoms with E-state index in [0.717, 1.165) is 18.8 Å². The van der Waals surface area contributed by atoms with Gasteiger partial charge in [0, 0.05) is 32.1 Å². The molecule has 2 aliphatic heterocycles. The number of carboxylic acid groups (broad SMARTS) is 1. The molecule has 19 heavy (non-hydrogen) atoms. The number of likely N-dealkylation sites (tertiary alicyclic amines) is 2. The Morgan fingerprint density at radius 3 is 2.89 bits per heavy atom. The van der Waals surface area contributed by atoms with Crippen molar-refractivity contribution in [1.82, 2.24) is 9.80 Å². The van der Waals surface area contributed by atoms with Gasteiger partial charge in [-0.25, -0.2) is 0 Å². The minimum absolute atomic E-state index is 0.195. The molecule has 2 fully saturated rings. The van der Waals surface area contributed by atoms with Crippen molar-refractivity contribution >= 4 is 17.6 Å². The number of nitrogens with zero attached hydrogens (tertiary/aromatic N) is 2. The molecule has 2 saturated heterocycles. The van der Waals surface area contributed by atoms with E-state index in [4.69, 9.17) is 16.0 Å². The molecule has 1 N–H and O–H groups in total. The molecule has 104 valence electrons. The van der Waals surface area contributed by atoms with E-state index in [0.29, 0.717) is 24.9 Å². The molecule has 2 atom stereocenters. The first-order valence-corrected chi connectivity index (χ1v) is 6.76. The molecule has 1 aromatic heterocycles. The summed E-state index contributed by atoms with van der Waals surface area (Å²) in [4.78, 5) is 15.9. The molecular formula is C13H17ClN2O3. The standard InChI is InChI=1S/C13H17ClN2O3/c1-15-4-9-5-16(6-10-2-3-11(14)19-10)8-13(9,7-15)12(17)18/h2-3,9H,4-8H2,1H3,(H,17,18)/t9-,13-/m0/s1. The van der Waals surface area contributed by atoms with Gasteiger partial charge in [-0.3, -0.25) is 9.69 Å². The van der Waals surface area contributed by atoms with Crippen LogP contribution in [-0.2, 0) is 11.3 Å². The molecule has 0 unspecified atom stereocenters. The van der Waals surface area contributed by atoms with Gasteiger partial charge < -0.3 is 14.4 Å². The SMILES string of the molecule is CN1C[C@H]2CN(Cc3ccc(Cl)o3)C[C@@]2(C(=O)O)C1. The Labute approximate surface area is 116 Å². The minimum Gasteiger partial charge on any atom is -0.481 e. The van der Waals surface area contributed by atoms with Crippen molar-refractivity contribution in [2.45, 2.75) is 6.54 Å². The quantitative estimate of drug-likeness (QED) is 0.909. The monoisotopic (exact) mass is 284 g/mol. The average molecular weight is 285 g/mol. The van der Waals surface area contributed by atoms with Crippen molar-refractivity contribution in [3.63, 3.8) is 0 Å². The van der Waals surface area contributed by atoms with Gasteiger partial charge in [0.15, 0.2) is 5.22 Å². The molecule has 0 amide bonds. The summed E-state index contributed by atoms with van der Waals surface area (Å²) < 4.78 is 5.35. The lowest BCUT2D eigenvalue weighted by Crippen LogP contribution is -2.40. The van der Waals surface area contributed by atoms with Crippen LogP contribution in [0.5, 0.6) is 0 Å². The Balaban J connectivity index is 1.74. The van der Waals surface area contributed by atoms with Crippen molar-refractivity contribution in [1.29, 1.82) is 0 Å². The molecule has 3 heterocycles. The summed E-state index contributed by atoms with van der Waals surface area (Å²) in [5.41, 5.74) is -0.620. The Hall–Kier alpha value is -1.04. The Bertz CT molecular complexity index is 504. The molecule has 6 heteroatoms. The second-order valence-electron chi connectivity index (χ2n) is 5.73. The van der Waals surface area contributed by atoms with Crippen LogP contribution in [0, 0.1) is 11.3 Å². The zero-order valence-corrected chi connectivity index (χ0v) is 11.6. The first-order valence-electron chi connectivity index (χ1n) is 6.38. The van der Waals surface area contributed by atoms with E-state index in [-0.39, 0.29) is 5.92 Å². The molecule has 5 nitrogen and oxygen atoms in total. The van der Waals surface area contributed by atoms with Gasteiger partial charge in [-0.05, 0) is 30.8 Å². The topological polar surface area (TPSA) is 56.9 Å². The van der Waals surface area contributed by atoms with Crippen LogP contribution < -0.4 is 0 Å².